The first kappa shape index (κ1) is 19.0. The van der Waals surface area contributed by atoms with Crippen LogP contribution in [0.1, 0.15) is 40.7 Å². The molecule has 148 valence electrons. The van der Waals surface area contributed by atoms with Gasteiger partial charge in [0, 0.05) is 45.8 Å². The maximum Gasteiger partial charge on any atom is 0.310 e. The molecule has 1 saturated heterocycles. The Morgan fingerprint density at radius 2 is 2.07 bits per heavy atom. The van der Waals surface area contributed by atoms with E-state index in [1.54, 1.807) is 6.92 Å². The lowest BCUT2D eigenvalue weighted by atomic mass is 9.89. The summed E-state index contributed by atoms with van der Waals surface area (Å²) in [5, 5.41) is 0. The van der Waals surface area contributed by atoms with E-state index in [4.69, 9.17) is 15.3 Å². The number of ether oxygens (including phenoxy) is 2. The van der Waals surface area contributed by atoms with Crippen molar-refractivity contribution in [1.29, 1.82) is 0 Å². The highest BCUT2D eigenvalue weighted by atomic mass is 32.2. The predicted octanol–water partition coefficient (Wildman–Crippen LogP) is 2.93. The highest BCUT2D eigenvalue weighted by molar-refractivity contribution is 7.86. The molecule has 0 unspecified atom stereocenters. The van der Waals surface area contributed by atoms with Crippen LogP contribution < -0.4 is 16.0 Å². The van der Waals surface area contributed by atoms with Crippen LogP contribution in [0.3, 0.4) is 0 Å². The lowest BCUT2D eigenvalue weighted by molar-refractivity contribution is -0.142. The third kappa shape index (κ3) is 3.40. The topological polar surface area (TPSA) is 90.7 Å². The molecule has 7 heteroatoms. The first-order valence-corrected chi connectivity index (χ1v) is 10.9. The fraction of sp³-hybridized carbons (Fsp3) is 0.381. The van der Waals surface area contributed by atoms with Gasteiger partial charge in [0.25, 0.3) is 0 Å². The largest absolute Gasteiger partial charge is 0.466 e. The normalized spacial score (nSPS) is 19.7. The summed E-state index contributed by atoms with van der Waals surface area (Å²) in [7, 11) is -0.737. The number of esters is 1. The summed E-state index contributed by atoms with van der Waals surface area (Å²) in [6.07, 6.45) is 0.825. The number of carbonyl (C=O) groups is 1. The monoisotopic (exact) mass is 400 g/mol. The smallest absolute Gasteiger partial charge is 0.310 e. The van der Waals surface area contributed by atoms with Gasteiger partial charge in [0.05, 0.1) is 18.7 Å². The number of nitrogens with one attached hydrogen (secondary N) is 1. The SMILES string of the molecule is CCOC(=O)Cc1cc(C)cc2c1Cc1c(ccc(C3CS(=O)C3)c1NN)O2. The molecular formula is C21H24N2O4S. The lowest BCUT2D eigenvalue weighted by Gasteiger charge is -2.31. The van der Waals surface area contributed by atoms with Crippen LogP contribution in [-0.4, -0.2) is 28.3 Å². The highest BCUT2D eigenvalue weighted by Crippen LogP contribution is 2.45. The van der Waals surface area contributed by atoms with Crippen molar-refractivity contribution in [2.75, 3.05) is 23.5 Å². The highest BCUT2D eigenvalue weighted by Gasteiger charge is 2.32. The van der Waals surface area contributed by atoms with E-state index in [1.165, 1.54) is 0 Å². The van der Waals surface area contributed by atoms with Crippen LogP contribution >= 0.6 is 0 Å². The molecule has 0 aromatic heterocycles. The molecule has 2 aromatic rings. The Hall–Kier alpha value is -2.38. The molecule has 0 aliphatic carbocycles. The number of hydrogen-bond donors (Lipinski definition) is 2. The zero-order chi connectivity index (χ0) is 19.8. The Labute approximate surface area is 166 Å². The van der Waals surface area contributed by atoms with Gasteiger partial charge in [-0.25, -0.2) is 0 Å². The van der Waals surface area contributed by atoms with Crippen molar-refractivity contribution in [3.63, 3.8) is 0 Å². The molecule has 1 fully saturated rings. The molecule has 0 radical (unpaired) electrons. The summed E-state index contributed by atoms with van der Waals surface area (Å²) in [4.78, 5) is 12.1. The molecule has 0 saturated carbocycles. The van der Waals surface area contributed by atoms with Gasteiger partial charge in [0.2, 0.25) is 0 Å². The molecule has 28 heavy (non-hydrogen) atoms. The molecule has 3 N–H and O–H groups in total. The standard InChI is InChI=1S/C21H24N2O4S/c1-3-26-20(24)8-13-6-12(2)7-19-16(13)9-17-18(27-19)5-4-15(21(17)23-22)14-10-28(25)11-14/h4-7,14,23H,3,8-11,22H2,1-2H3. The van der Waals surface area contributed by atoms with Crippen LogP contribution in [0, 0.1) is 6.92 Å². The number of nitrogens with two attached hydrogens (primary N) is 1. The van der Waals surface area contributed by atoms with Crippen molar-refractivity contribution in [3.05, 3.63) is 52.1 Å². The number of hydrazine groups is 1. The molecule has 0 amide bonds. The second kappa shape index (κ2) is 7.56. The van der Waals surface area contributed by atoms with Gasteiger partial charge in [-0.2, -0.15) is 0 Å². The van der Waals surface area contributed by atoms with E-state index in [0.29, 0.717) is 24.5 Å². The molecule has 4 rings (SSSR count). The second-order valence-corrected chi connectivity index (χ2v) is 8.83. The van der Waals surface area contributed by atoms with E-state index in [-0.39, 0.29) is 18.3 Å². The summed E-state index contributed by atoms with van der Waals surface area (Å²) in [5.41, 5.74) is 8.66. The van der Waals surface area contributed by atoms with Crippen LogP contribution in [0.15, 0.2) is 24.3 Å². The predicted molar refractivity (Wildman–Crippen MR) is 109 cm³/mol. The molecule has 2 heterocycles. The van der Waals surface area contributed by atoms with Gasteiger partial charge in [-0.1, -0.05) is 12.1 Å². The van der Waals surface area contributed by atoms with Crippen molar-refractivity contribution in [2.24, 2.45) is 5.84 Å². The zero-order valence-corrected chi connectivity index (χ0v) is 16.9. The van der Waals surface area contributed by atoms with Gasteiger partial charge < -0.3 is 14.9 Å². The Kier molecular flexibility index (Phi) is 5.12. The van der Waals surface area contributed by atoms with E-state index < -0.39 is 10.8 Å². The number of carbonyl (C=O) groups excluding carboxylic acids is 1. The number of aryl methyl sites for hydroxylation is 1. The number of nitrogen functional groups attached to an aromatic ring is 1. The molecule has 0 spiro atoms. The van der Waals surface area contributed by atoms with E-state index in [0.717, 1.165) is 45.0 Å². The van der Waals surface area contributed by atoms with Crippen LogP contribution in [-0.2, 0) is 33.2 Å². The third-order valence-electron chi connectivity index (χ3n) is 5.32. The zero-order valence-electron chi connectivity index (χ0n) is 16.0. The number of anilines is 1. The minimum atomic E-state index is -0.737. The van der Waals surface area contributed by atoms with Gasteiger partial charge in [0.1, 0.15) is 11.5 Å². The molecule has 0 bridgehead atoms. The van der Waals surface area contributed by atoms with Gasteiger partial charge in [-0.05, 0) is 42.7 Å². The Balaban J connectivity index is 1.73. The summed E-state index contributed by atoms with van der Waals surface area (Å²) in [5.74, 6) is 8.73. The molecule has 2 aliphatic rings. The van der Waals surface area contributed by atoms with E-state index in [1.807, 2.05) is 31.2 Å². The second-order valence-electron chi connectivity index (χ2n) is 7.28. The molecule has 0 atom stereocenters. The average Bonchev–Trinajstić information content (AvgIpc) is 2.63. The summed E-state index contributed by atoms with van der Waals surface area (Å²) in [6.45, 7) is 4.15. The van der Waals surface area contributed by atoms with Crippen molar-refractivity contribution in [3.8, 4) is 11.5 Å². The van der Waals surface area contributed by atoms with Crippen LogP contribution in [0.4, 0.5) is 5.69 Å². The molecule has 2 aliphatic heterocycles. The van der Waals surface area contributed by atoms with Crippen LogP contribution in [0.2, 0.25) is 0 Å². The lowest BCUT2D eigenvalue weighted by Crippen LogP contribution is -2.30. The quantitative estimate of drug-likeness (QED) is 0.389. The van der Waals surface area contributed by atoms with Crippen molar-refractivity contribution in [1.82, 2.24) is 0 Å². The van der Waals surface area contributed by atoms with Crippen LogP contribution in [0.25, 0.3) is 0 Å². The maximum absolute atomic E-state index is 12.1. The van der Waals surface area contributed by atoms with Crippen LogP contribution in [0.5, 0.6) is 11.5 Å². The first-order chi connectivity index (χ1) is 13.5. The van der Waals surface area contributed by atoms with Crippen molar-refractivity contribution in [2.45, 2.75) is 32.6 Å². The summed E-state index contributed by atoms with van der Waals surface area (Å²) >= 11 is 0. The number of benzene rings is 2. The number of hydrogen-bond acceptors (Lipinski definition) is 6. The molecule has 6 nitrogen and oxygen atoms in total. The maximum atomic E-state index is 12.1. The fourth-order valence-electron chi connectivity index (χ4n) is 3.98. The Morgan fingerprint density at radius 3 is 2.75 bits per heavy atom. The van der Waals surface area contributed by atoms with E-state index >= 15 is 0 Å². The fourth-order valence-corrected chi connectivity index (χ4v) is 5.14. The Bertz CT molecular complexity index is 965. The number of rotatable bonds is 5. The minimum Gasteiger partial charge on any atom is -0.466 e. The third-order valence-corrected chi connectivity index (χ3v) is 6.87. The molecule has 2 aromatic carbocycles. The number of fused-ring (bicyclic) bond motifs is 2. The first-order valence-electron chi connectivity index (χ1n) is 9.43. The van der Waals surface area contributed by atoms with Gasteiger partial charge in [0.15, 0.2) is 0 Å². The van der Waals surface area contributed by atoms with Gasteiger partial charge in [-0.3, -0.25) is 14.8 Å². The summed E-state index contributed by atoms with van der Waals surface area (Å²) < 4.78 is 22.9. The minimum absolute atomic E-state index is 0.212. The average molecular weight is 401 g/mol. The molecular weight excluding hydrogens is 376 g/mol. The van der Waals surface area contributed by atoms with E-state index in [9.17, 15) is 9.00 Å². The Morgan fingerprint density at radius 1 is 1.29 bits per heavy atom. The van der Waals surface area contributed by atoms with Crippen molar-refractivity contribution < 1.29 is 18.5 Å². The summed E-state index contributed by atoms with van der Waals surface area (Å²) in [6, 6.07) is 7.97. The van der Waals surface area contributed by atoms with Gasteiger partial charge in [-0.15, -0.1) is 0 Å². The van der Waals surface area contributed by atoms with Crippen molar-refractivity contribution >= 4 is 22.5 Å². The van der Waals surface area contributed by atoms with E-state index in [2.05, 4.69) is 5.43 Å². The van der Waals surface area contributed by atoms with Gasteiger partial charge >= 0.3 is 5.97 Å².